The molecule has 17 heavy (non-hydrogen) atoms. The van der Waals surface area contributed by atoms with Crippen molar-refractivity contribution in [2.75, 3.05) is 6.61 Å². The molecule has 1 aromatic heterocycles. The Labute approximate surface area is 101 Å². The first-order chi connectivity index (χ1) is 8.24. The van der Waals surface area contributed by atoms with Gasteiger partial charge in [-0.1, -0.05) is 0 Å². The van der Waals surface area contributed by atoms with Crippen LogP contribution in [0.1, 0.15) is 24.0 Å². The lowest BCUT2D eigenvalue weighted by Crippen LogP contribution is -2.03. The Bertz CT molecular complexity index is 540. The molecule has 0 amide bonds. The van der Waals surface area contributed by atoms with Gasteiger partial charge in [0.15, 0.2) is 0 Å². The third kappa shape index (κ3) is 2.20. The highest BCUT2D eigenvalue weighted by atomic mass is 16.5. The van der Waals surface area contributed by atoms with Gasteiger partial charge in [0, 0.05) is 0 Å². The molecule has 0 radical (unpaired) electrons. The Morgan fingerprint density at radius 3 is 2.82 bits per heavy atom. The number of hydrogen-bond acceptors (Lipinski definition) is 2. The quantitative estimate of drug-likeness (QED) is 0.807. The summed E-state index contributed by atoms with van der Waals surface area (Å²) < 4.78 is 7.79. The number of fused-ring (bicyclic) bond motifs is 1. The number of hydrogen-bond donors (Lipinski definition) is 0. The van der Waals surface area contributed by atoms with Crippen molar-refractivity contribution in [3.05, 3.63) is 29.6 Å². The topological polar surface area (TPSA) is 27.1 Å². The minimum Gasteiger partial charge on any atom is -0.360 e. The number of ether oxygens (including phenoxy) is 1. The summed E-state index contributed by atoms with van der Waals surface area (Å²) in [6.07, 6.45) is 4.54. The van der Waals surface area contributed by atoms with E-state index in [0.717, 1.165) is 18.0 Å². The van der Waals surface area contributed by atoms with Crippen molar-refractivity contribution in [3.63, 3.8) is 0 Å². The monoisotopic (exact) mass is 230 g/mol. The number of aromatic nitrogens is 2. The summed E-state index contributed by atoms with van der Waals surface area (Å²) in [5, 5.41) is 0. The lowest BCUT2D eigenvalue weighted by Gasteiger charge is -2.06. The van der Waals surface area contributed by atoms with Gasteiger partial charge in [-0.05, 0) is 55.9 Å². The fourth-order valence-corrected chi connectivity index (χ4v) is 2.02. The highest BCUT2D eigenvalue weighted by molar-refractivity contribution is 5.77. The second-order valence-electron chi connectivity index (χ2n) is 5.08. The first-order valence-corrected chi connectivity index (χ1v) is 6.24. The number of benzene rings is 1. The molecule has 0 unspecified atom stereocenters. The number of nitrogens with zero attached hydrogens (tertiary/aromatic N) is 2. The van der Waals surface area contributed by atoms with Gasteiger partial charge in [-0.25, -0.2) is 4.98 Å². The highest BCUT2D eigenvalue weighted by Gasteiger charge is 2.21. The Hall–Kier alpha value is -1.35. The van der Waals surface area contributed by atoms with Gasteiger partial charge in [-0.15, -0.1) is 0 Å². The molecule has 90 valence electrons. The molecule has 0 saturated heterocycles. The molecule has 1 saturated carbocycles. The summed E-state index contributed by atoms with van der Waals surface area (Å²) in [7, 11) is 0. The summed E-state index contributed by atoms with van der Waals surface area (Å²) >= 11 is 0. The maximum absolute atomic E-state index is 5.70. The normalized spacial score (nSPS) is 15.6. The summed E-state index contributed by atoms with van der Waals surface area (Å²) in [6.45, 7) is 5.77. The number of rotatable bonds is 4. The average molecular weight is 230 g/mol. The molecule has 1 heterocycles. The van der Waals surface area contributed by atoms with Gasteiger partial charge >= 0.3 is 0 Å². The smallest absolute Gasteiger partial charge is 0.124 e. The standard InChI is InChI=1S/C14H18N2O/c1-10-5-13-14(6-11(10)2)16(8-15-13)9-17-7-12-3-4-12/h5-6,8,12H,3-4,7,9H2,1-2H3. The van der Waals surface area contributed by atoms with Gasteiger partial charge in [-0.2, -0.15) is 0 Å². The van der Waals surface area contributed by atoms with Crippen LogP contribution >= 0.6 is 0 Å². The van der Waals surface area contributed by atoms with Crippen molar-refractivity contribution in [3.8, 4) is 0 Å². The van der Waals surface area contributed by atoms with Crippen LogP contribution in [0.3, 0.4) is 0 Å². The molecule has 1 aromatic carbocycles. The van der Waals surface area contributed by atoms with E-state index >= 15 is 0 Å². The Morgan fingerprint density at radius 2 is 2.06 bits per heavy atom. The zero-order valence-electron chi connectivity index (χ0n) is 10.4. The second-order valence-corrected chi connectivity index (χ2v) is 5.08. The van der Waals surface area contributed by atoms with Gasteiger partial charge in [0.25, 0.3) is 0 Å². The van der Waals surface area contributed by atoms with Crippen molar-refractivity contribution in [2.24, 2.45) is 5.92 Å². The first-order valence-electron chi connectivity index (χ1n) is 6.24. The molecule has 3 rings (SSSR count). The molecule has 1 fully saturated rings. The van der Waals surface area contributed by atoms with Crippen LogP contribution in [0.15, 0.2) is 18.5 Å². The molecule has 2 aromatic rings. The van der Waals surface area contributed by atoms with Crippen LogP contribution in [0.2, 0.25) is 0 Å². The van der Waals surface area contributed by atoms with E-state index in [-0.39, 0.29) is 0 Å². The summed E-state index contributed by atoms with van der Waals surface area (Å²) in [5.41, 5.74) is 4.83. The van der Waals surface area contributed by atoms with Gasteiger partial charge in [0.1, 0.15) is 6.73 Å². The van der Waals surface area contributed by atoms with Gasteiger partial charge in [-0.3, -0.25) is 0 Å². The number of aryl methyl sites for hydroxylation is 2. The Morgan fingerprint density at radius 1 is 1.29 bits per heavy atom. The molecule has 1 aliphatic rings. The fourth-order valence-electron chi connectivity index (χ4n) is 2.02. The van der Waals surface area contributed by atoms with Crippen LogP contribution in [0.5, 0.6) is 0 Å². The maximum Gasteiger partial charge on any atom is 0.124 e. The van der Waals surface area contributed by atoms with Crippen LogP contribution in [0.25, 0.3) is 11.0 Å². The van der Waals surface area contributed by atoms with E-state index in [9.17, 15) is 0 Å². The molecule has 3 nitrogen and oxygen atoms in total. The zero-order valence-corrected chi connectivity index (χ0v) is 10.4. The van der Waals surface area contributed by atoms with Crippen LogP contribution in [-0.2, 0) is 11.5 Å². The van der Waals surface area contributed by atoms with Crippen LogP contribution in [0, 0.1) is 19.8 Å². The maximum atomic E-state index is 5.70. The van der Waals surface area contributed by atoms with E-state index in [4.69, 9.17) is 4.74 Å². The predicted octanol–water partition coefficient (Wildman–Crippen LogP) is 3.04. The fraction of sp³-hybridized carbons (Fsp3) is 0.500. The molecule has 0 aliphatic heterocycles. The van der Waals surface area contributed by atoms with E-state index in [0.29, 0.717) is 6.73 Å². The second kappa shape index (κ2) is 4.15. The van der Waals surface area contributed by atoms with Crippen molar-refractivity contribution < 1.29 is 4.74 Å². The Kier molecular flexibility index (Phi) is 2.63. The highest BCUT2D eigenvalue weighted by Crippen LogP contribution is 2.29. The first kappa shape index (κ1) is 10.8. The van der Waals surface area contributed by atoms with Gasteiger partial charge < -0.3 is 9.30 Å². The molecule has 0 N–H and O–H groups in total. The van der Waals surface area contributed by atoms with Crippen molar-refractivity contribution in [1.82, 2.24) is 9.55 Å². The summed E-state index contributed by atoms with van der Waals surface area (Å²) in [6, 6.07) is 4.33. The summed E-state index contributed by atoms with van der Waals surface area (Å²) in [5.74, 6) is 0.814. The molecule has 1 aliphatic carbocycles. The van der Waals surface area contributed by atoms with E-state index in [1.165, 1.54) is 29.5 Å². The van der Waals surface area contributed by atoms with Gasteiger partial charge in [0.05, 0.1) is 24.0 Å². The molecule has 0 bridgehead atoms. The minimum absolute atomic E-state index is 0.621. The largest absolute Gasteiger partial charge is 0.360 e. The molecule has 0 atom stereocenters. The van der Waals surface area contributed by atoms with Crippen LogP contribution < -0.4 is 0 Å². The molecular formula is C14H18N2O. The Balaban J connectivity index is 1.80. The SMILES string of the molecule is Cc1cc2ncn(COCC3CC3)c2cc1C. The van der Waals surface area contributed by atoms with Crippen molar-refractivity contribution >= 4 is 11.0 Å². The van der Waals surface area contributed by atoms with Crippen LogP contribution in [-0.4, -0.2) is 16.2 Å². The predicted molar refractivity (Wildman–Crippen MR) is 67.9 cm³/mol. The van der Waals surface area contributed by atoms with Crippen molar-refractivity contribution in [1.29, 1.82) is 0 Å². The summed E-state index contributed by atoms with van der Waals surface area (Å²) in [4.78, 5) is 4.42. The van der Waals surface area contributed by atoms with Crippen LogP contribution in [0.4, 0.5) is 0 Å². The minimum atomic E-state index is 0.621. The number of imidazole rings is 1. The van der Waals surface area contributed by atoms with Crippen molar-refractivity contribution in [2.45, 2.75) is 33.4 Å². The lowest BCUT2D eigenvalue weighted by molar-refractivity contribution is 0.0714. The average Bonchev–Trinajstić information content (AvgIpc) is 3.05. The lowest BCUT2D eigenvalue weighted by atomic mass is 10.1. The zero-order chi connectivity index (χ0) is 11.8. The molecule has 3 heteroatoms. The van der Waals surface area contributed by atoms with E-state index < -0.39 is 0 Å². The third-order valence-corrected chi connectivity index (χ3v) is 3.52. The molecule has 0 spiro atoms. The molecular weight excluding hydrogens is 212 g/mol. The van der Waals surface area contributed by atoms with E-state index in [1.807, 2.05) is 6.33 Å². The van der Waals surface area contributed by atoms with Gasteiger partial charge in [0.2, 0.25) is 0 Å². The van der Waals surface area contributed by atoms with E-state index in [1.54, 1.807) is 0 Å². The van der Waals surface area contributed by atoms with E-state index in [2.05, 4.69) is 35.5 Å². The third-order valence-electron chi connectivity index (χ3n) is 3.52.